The molecule has 1 aliphatic rings. The molecule has 1 heterocycles. The molecule has 61 heavy (non-hydrogen) atoms. The fourth-order valence-electron chi connectivity index (χ4n) is 9.89. The molecule has 0 saturated heterocycles. The first-order valence-electron chi connectivity index (χ1n) is 21.3. The number of hydrogen-bond acceptors (Lipinski definition) is 1. The van der Waals surface area contributed by atoms with E-state index in [2.05, 4.69) is 243 Å². The van der Waals surface area contributed by atoms with E-state index in [1.807, 2.05) is 0 Å². The normalized spacial score (nSPS) is 12.7. The maximum Gasteiger partial charge on any atom is 0.0541 e. The lowest BCUT2D eigenvalue weighted by molar-refractivity contribution is 0.660. The summed E-state index contributed by atoms with van der Waals surface area (Å²) in [4.78, 5) is 2.39. The van der Waals surface area contributed by atoms with Crippen LogP contribution in [0.4, 0.5) is 17.1 Å². The first-order valence-corrected chi connectivity index (χ1v) is 21.3. The zero-order valence-electron chi connectivity index (χ0n) is 35.0. The number of para-hydroxylation sites is 3. The van der Waals surface area contributed by atoms with Gasteiger partial charge in [0.2, 0.25) is 0 Å². The van der Waals surface area contributed by atoms with Gasteiger partial charge in [-0.05, 0) is 136 Å². The monoisotopic (exact) mass is 782 g/mol. The Hall–Kier alpha value is -7.42. The molecular formula is C59H46N2. The molecule has 0 atom stereocenters. The molecule has 0 fully saturated rings. The van der Waals surface area contributed by atoms with Gasteiger partial charge in [-0.2, -0.15) is 0 Å². The van der Waals surface area contributed by atoms with Gasteiger partial charge in [0.15, 0.2) is 0 Å². The summed E-state index contributed by atoms with van der Waals surface area (Å²) < 4.78 is 2.43. The van der Waals surface area contributed by atoms with Gasteiger partial charge in [-0.15, -0.1) is 0 Å². The van der Waals surface area contributed by atoms with Gasteiger partial charge >= 0.3 is 0 Å². The molecule has 0 unspecified atom stereocenters. The van der Waals surface area contributed by atoms with Gasteiger partial charge in [-0.3, -0.25) is 0 Å². The average molecular weight is 783 g/mol. The molecule has 10 aromatic rings. The first kappa shape index (κ1) is 36.6. The minimum Gasteiger partial charge on any atom is -0.310 e. The molecule has 1 aromatic heterocycles. The van der Waals surface area contributed by atoms with Crippen molar-refractivity contribution in [1.29, 1.82) is 0 Å². The maximum atomic E-state index is 2.43. The molecule has 2 nitrogen and oxygen atoms in total. The van der Waals surface area contributed by atoms with Crippen LogP contribution in [0.25, 0.3) is 72.0 Å². The van der Waals surface area contributed by atoms with E-state index in [1.165, 1.54) is 94.3 Å². The van der Waals surface area contributed by atoms with Crippen molar-refractivity contribution in [3.63, 3.8) is 0 Å². The summed E-state index contributed by atoms with van der Waals surface area (Å²) in [6.45, 7) is 9.09. The molecule has 0 saturated carbocycles. The minimum atomic E-state index is -0.202. The quantitative estimate of drug-likeness (QED) is 0.156. The highest BCUT2D eigenvalue weighted by Crippen LogP contribution is 2.51. The Balaban J connectivity index is 0.921. The largest absolute Gasteiger partial charge is 0.310 e. The average Bonchev–Trinajstić information content (AvgIpc) is 3.74. The summed E-state index contributed by atoms with van der Waals surface area (Å²) >= 11 is 0. The van der Waals surface area contributed by atoms with E-state index in [0.29, 0.717) is 0 Å². The highest BCUT2D eigenvalue weighted by atomic mass is 15.1. The highest BCUT2D eigenvalue weighted by Gasteiger charge is 2.36. The maximum absolute atomic E-state index is 2.43. The molecule has 11 rings (SSSR count). The molecule has 0 N–H and O–H groups in total. The lowest BCUT2D eigenvalue weighted by Gasteiger charge is -2.28. The van der Waals surface area contributed by atoms with Crippen LogP contribution >= 0.6 is 0 Å². The fraction of sp³-hybridized carbons (Fsp3) is 0.0847. The molecule has 9 aromatic carbocycles. The first-order chi connectivity index (χ1) is 29.8. The van der Waals surface area contributed by atoms with Gasteiger partial charge in [0.05, 0.1) is 11.0 Å². The Kier molecular flexibility index (Phi) is 8.65. The van der Waals surface area contributed by atoms with E-state index in [-0.39, 0.29) is 5.41 Å². The van der Waals surface area contributed by atoms with E-state index in [1.54, 1.807) is 0 Å². The minimum absolute atomic E-state index is 0.202. The Labute approximate surface area is 358 Å². The van der Waals surface area contributed by atoms with Gasteiger partial charge < -0.3 is 9.47 Å². The topological polar surface area (TPSA) is 8.17 Å². The predicted octanol–water partition coefficient (Wildman–Crippen LogP) is 16.2. The van der Waals surface area contributed by atoms with Crippen molar-refractivity contribution in [3.8, 4) is 50.2 Å². The summed E-state index contributed by atoms with van der Waals surface area (Å²) in [5.74, 6) is 0. The number of fused-ring (bicyclic) bond motifs is 6. The van der Waals surface area contributed by atoms with Crippen LogP contribution in [0.5, 0.6) is 0 Å². The number of hydrogen-bond donors (Lipinski definition) is 0. The second-order valence-corrected chi connectivity index (χ2v) is 17.2. The van der Waals surface area contributed by atoms with Crippen LogP contribution in [0.15, 0.2) is 206 Å². The third-order valence-corrected chi connectivity index (χ3v) is 12.8. The van der Waals surface area contributed by atoms with E-state index < -0.39 is 0 Å². The number of anilines is 3. The summed E-state index contributed by atoms with van der Waals surface area (Å²) in [5, 5.41) is 2.56. The van der Waals surface area contributed by atoms with Gasteiger partial charge in [-0.25, -0.2) is 0 Å². The van der Waals surface area contributed by atoms with Crippen LogP contribution < -0.4 is 4.90 Å². The van der Waals surface area contributed by atoms with E-state index in [4.69, 9.17) is 0 Å². The van der Waals surface area contributed by atoms with Crippen molar-refractivity contribution >= 4 is 38.9 Å². The van der Waals surface area contributed by atoms with Crippen LogP contribution in [0.3, 0.4) is 0 Å². The highest BCUT2D eigenvalue weighted by molar-refractivity contribution is 6.09. The van der Waals surface area contributed by atoms with Crippen molar-refractivity contribution in [1.82, 2.24) is 4.57 Å². The Morgan fingerprint density at radius 2 is 0.852 bits per heavy atom. The zero-order valence-corrected chi connectivity index (χ0v) is 35.0. The third kappa shape index (κ3) is 6.26. The molecule has 0 radical (unpaired) electrons. The summed E-state index contributed by atoms with van der Waals surface area (Å²) in [6.07, 6.45) is 0. The molecule has 0 bridgehead atoms. The molecule has 0 aliphatic heterocycles. The number of aryl methyl sites for hydroxylation is 2. The molecule has 292 valence electrons. The van der Waals surface area contributed by atoms with Crippen molar-refractivity contribution in [2.75, 3.05) is 4.90 Å². The van der Waals surface area contributed by atoms with Gasteiger partial charge in [0.1, 0.15) is 0 Å². The molecule has 2 heteroatoms. The Morgan fingerprint density at radius 3 is 1.48 bits per heavy atom. The number of nitrogens with zero attached hydrogens (tertiary/aromatic N) is 2. The fourth-order valence-corrected chi connectivity index (χ4v) is 9.89. The van der Waals surface area contributed by atoms with E-state index in [0.717, 1.165) is 17.1 Å². The SMILES string of the molecule is Cc1cc(C)cc(-c2ccc(-c3cccc(-c4ccc(N(c5ccccc5)c5ccc6c(c5)C(C)(C)c5cc(-n7c8ccccc8c8ccccc87)ccc5-6)cc4)c3)cc2)c1. The van der Waals surface area contributed by atoms with Crippen LogP contribution in [0, 0.1) is 13.8 Å². The second-order valence-electron chi connectivity index (χ2n) is 17.2. The summed E-state index contributed by atoms with van der Waals surface area (Å²) in [7, 11) is 0. The van der Waals surface area contributed by atoms with Crippen molar-refractivity contribution in [2.45, 2.75) is 33.1 Å². The lowest BCUT2D eigenvalue weighted by atomic mass is 9.82. The predicted molar refractivity (Wildman–Crippen MR) is 259 cm³/mol. The van der Waals surface area contributed by atoms with Gasteiger partial charge in [0, 0.05) is 38.9 Å². The Bertz CT molecular complexity index is 3200. The van der Waals surface area contributed by atoms with Crippen LogP contribution in [0.1, 0.15) is 36.1 Å². The summed E-state index contributed by atoms with van der Waals surface area (Å²) in [5.41, 5.74) is 22.1. The van der Waals surface area contributed by atoms with E-state index >= 15 is 0 Å². The van der Waals surface area contributed by atoms with Gasteiger partial charge in [0.25, 0.3) is 0 Å². The summed E-state index contributed by atoms with van der Waals surface area (Å²) in [6, 6.07) is 76.0. The zero-order chi connectivity index (χ0) is 41.2. The lowest BCUT2D eigenvalue weighted by Crippen LogP contribution is -2.17. The Morgan fingerprint density at radius 1 is 0.361 bits per heavy atom. The third-order valence-electron chi connectivity index (χ3n) is 12.8. The molecular weight excluding hydrogens is 737 g/mol. The molecule has 0 spiro atoms. The number of benzene rings is 9. The molecule has 0 amide bonds. The van der Waals surface area contributed by atoms with Crippen molar-refractivity contribution < 1.29 is 0 Å². The number of aromatic nitrogens is 1. The van der Waals surface area contributed by atoms with Crippen LogP contribution in [0.2, 0.25) is 0 Å². The van der Waals surface area contributed by atoms with Gasteiger partial charge in [-0.1, -0.05) is 165 Å². The van der Waals surface area contributed by atoms with Crippen LogP contribution in [-0.2, 0) is 5.41 Å². The van der Waals surface area contributed by atoms with Crippen molar-refractivity contribution in [2.24, 2.45) is 0 Å². The molecule has 1 aliphatic carbocycles. The second kappa shape index (κ2) is 14.4. The standard InChI is InChI=1S/C59H46N2/c1-39-33-40(2)35-46(34-39)43-23-21-41(22-24-43)44-13-12-14-45(36-44)42-25-27-48(28-26-42)60(47-15-6-5-7-16-47)49-29-31-51-52-32-30-50(38-56(52)59(3,4)55(51)37-49)61-57-19-10-8-17-53(57)54-18-9-11-20-58(54)61/h5-38H,1-4H3. The number of rotatable bonds is 7. The smallest absolute Gasteiger partial charge is 0.0541 e. The van der Waals surface area contributed by atoms with Crippen LogP contribution in [-0.4, -0.2) is 4.57 Å². The van der Waals surface area contributed by atoms with Crippen molar-refractivity contribution in [3.05, 3.63) is 229 Å². The van der Waals surface area contributed by atoms with E-state index in [9.17, 15) is 0 Å².